The van der Waals surface area contributed by atoms with E-state index in [-0.39, 0.29) is 11.3 Å². The average Bonchev–Trinajstić information content (AvgIpc) is 2.98. The van der Waals surface area contributed by atoms with Crippen LogP contribution in [0.4, 0.5) is 0 Å². The third-order valence-corrected chi connectivity index (χ3v) is 4.79. The molecule has 1 aliphatic heterocycles. The first-order valence-electron chi connectivity index (χ1n) is 9.50. The smallest absolute Gasteiger partial charge is 0.295 e. The van der Waals surface area contributed by atoms with Crippen molar-refractivity contribution in [3.8, 4) is 5.75 Å². The summed E-state index contributed by atoms with van der Waals surface area (Å²) in [5, 5.41) is 11.0. The Kier molecular flexibility index (Phi) is 6.29. The molecule has 2 heterocycles. The van der Waals surface area contributed by atoms with Crippen molar-refractivity contribution >= 4 is 17.4 Å². The third-order valence-electron chi connectivity index (χ3n) is 4.79. The summed E-state index contributed by atoms with van der Waals surface area (Å²) in [6, 6.07) is 9.65. The molecule has 1 amide bonds. The van der Waals surface area contributed by atoms with Crippen molar-refractivity contribution in [3.05, 3.63) is 65.5 Å². The van der Waals surface area contributed by atoms with Crippen molar-refractivity contribution in [2.24, 2.45) is 0 Å². The van der Waals surface area contributed by atoms with Crippen LogP contribution in [0.25, 0.3) is 5.76 Å². The number of Topliss-reactive ketones (excluding diaryl/α,β-unsaturated/α-hetero) is 1. The number of aliphatic hydroxyl groups is 1. The van der Waals surface area contributed by atoms with Gasteiger partial charge in [-0.1, -0.05) is 0 Å². The molecule has 1 aromatic heterocycles. The summed E-state index contributed by atoms with van der Waals surface area (Å²) in [6.07, 6.45) is 3.22. The fourth-order valence-electron chi connectivity index (χ4n) is 3.34. The van der Waals surface area contributed by atoms with Gasteiger partial charge < -0.3 is 19.6 Å². The minimum absolute atomic E-state index is 0.0871. The van der Waals surface area contributed by atoms with Gasteiger partial charge in [0.25, 0.3) is 11.7 Å². The first kappa shape index (κ1) is 20.5. The van der Waals surface area contributed by atoms with Crippen molar-refractivity contribution in [3.63, 3.8) is 0 Å². The number of aromatic nitrogens is 1. The first-order chi connectivity index (χ1) is 13.9. The van der Waals surface area contributed by atoms with Gasteiger partial charge in [-0.25, -0.2) is 0 Å². The molecule has 1 saturated heterocycles. The normalized spacial score (nSPS) is 18.5. The molecule has 1 fully saturated rings. The fourth-order valence-corrected chi connectivity index (χ4v) is 3.34. The molecule has 152 valence electrons. The number of ether oxygens (including phenoxy) is 1. The van der Waals surface area contributed by atoms with Crippen LogP contribution in [0.5, 0.6) is 5.75 Å². The Bertz CT molecular complexity index is 907. The summed E-state index contributed by atoms with van der Waals surface area (Å²) in [7, 11) is 3.80. The summed E-state index contributed by atoms with van der Waals surface area (Å²) in [4.78, 5) is 33.1. The van der Waals surface area contributed by atoms with Gasteiger partial charge in [0.15, 0.2) is 0 Å². The molecule has 0 aliphatic carbocycles. The van der Waals surface area contributed by atoms with Crippen LogP contribution in [0.2, 0.25) is 0 Å². The maximum Gasteiger partial charge on any atom is 0.295 e. The van der Waals surface area contributed by atoms with Crippen LogP contribution in [-0.4, -0.2) is 65.4 Å². The van der Waals surface area contributed by atoms with Gasteiger partial charge in [0.05, 0.1) is 18.2 Å². The highest BCUT2D eigenvalue weighted by Crippen LogP contribution is 2.39. The monoisotopic (exact) mass is 395 g/mol. The highest BCUT2D eigenvalue weighted by molar-refractivity contribution is 6.46. The lowest BCUT2D eigenvalue weighted by molar-refractivity contribution is -0.140. The highest BCUT2D eigenvalue weighted by atomic mass is 16.5. The molecule has 0 radical (unpaired) electrons. The molecular weight excluding hydrogens is 370 g/mol. The van der Waals surface area contributed by atoms with E-state index in [0.717, 1.165) is 5.56 Å². The number of hydrogen-bond donors (Lipinski definition) is 1. The lowest BCUT2D eigenvalue weighted by atomic mass is 9.96. The van der Waals surface area contributed by atoms with Crippen molar-refractivity contribution < 1.29 is 19.4 Å². The zero-order valence-electron chi connectivity index (χ0n) is 16.8. The maximum atomic E-state index is 12.9. The molecule has 1 aromatic carbocycles. The van der Waals surface area contributed by atoms with E-state index in [2.05, 4.69) is 4.98 Å². The van der Waals surface area contributed by atoms with E-state index in [1.54, 1.807) is 48.8 Å². The predicted octanol–water partition coefficient (Wildman–Crippen LogP) is 2.46. The zero-order valence-corrected chi connectivity index (χ0v) is 16.8. The van der Waals surface area contributed by atoms with Crippen LogP contribution in [0, 0.1) is 0 Å². The Morgan fingerprint density at radius 3 is 2.38 bits per heavy atom. The van der Waals surface area contributed by atoms with Gasteiger partial charge in [-0.3, -0.25) is 14.6 Å². The number of pyridine rings is 1. The maximum absolute atomic E-state index is 12.9. The molecule has 0 saturated carbocycles. The van der Waals surface area contributed by atoms with Gasteiger partial charge >= 0.3 is 0 Å². The fraction of sp³-hybridized carbons (Fsp3) is 0.318. The van der Waals surface area contributed by atoms with Gasteiger partial charge in [0.2, 0.25) is 0 Å². The van der Waals surface area contributed by atoms with Crippen LogP contribution in [-0.2, 0) is 9.59 Å². The van der Waals surface area contributed by atoms with Gasteiger partial charge in [0.1, 0.15) is 11.5 Å². The second-order valence-corrected chi connectivity index (χ2v) is 7.03. The number of carbonyl (C=O) groups is 2. The molecule has 1 aliphatic rings. The van der Waals surface area contributed by atoms with Gasteiger partial charge in [0, 0.05) is 31.0 Å². The highest BCUT2D eigenvalue weighted by Gasteiger charge is 2.45. The van der Waals surface area contributed by atoms with Crippen molar-refractivity contribution in [1.82, 2.24) is 14.8 Å². The van der Waals surface area contributed by atoms with Crippen LogP contribution in [0.1, 0.15) is 24.1 Å². The van der Waals surface area contributed by atoms with E-state index in [9.17, 15) is 14.7 Å². The molecule has 7 heteroatoms. The quantitative estimate of drug-likeness (QED) is 0.441. The van der Waals surface area contributed by atoms with Gasteiger partial charge in [-0.05, 0) is 63.0 Å². The van der Waals surface area contributed by atoms with Crippen molar-refractivity contribution in [2.45, 2.75) is 13.0 Å². The second kappa shape index (κ2) is 8.87. The first-order valence-corrected chi connectivity index (χ1v) is 9.50. The summed E-state index contributed by atoms with van der Waals surface area (Å²) in [5.41, 5.74) is 1.27. The Balaban J connectivity index is 2.07. The lowest BCUT2D eigenvalue weighted by Crippen LogP contribution is -2.35. The van der Waals surface area contributed by atoms with Gasteiger partial charge in [-0.2, -0.15) is 0 Å². The minimum atomic E-state index is -0.683. The molecule has 29 heavy (non-hydrogen) atoms. The van der Waals surface area contributed by atoms with E-state index in [1.165, 1.54) is 4.90 Å². The summed E-state index contributed by atoms with van der Waals surface area (Å²) in [5.74, 6) is -0.820. The number of ketones is 1. The summed E-state index contributed by atoms with van der Waals surface area (Å²) >= 11 is 0. The largest absolute Gasteiger partial charge is 0.507 e. The molecule has 0 spiro atoms. The van der Waals surface area contributed by atoms with Crippen LogP contribution in [0.15, 0.2) is 54.4 Å². The number of benzene rings is 1. The third kappa shape index (κ3) is 4.30. The van der Waals surface area contributed by atoms with Crippen LogP contribution in [0.3, 0.4) is 0 Å². The van der Waals surface area contributed by atoms with Gasteiger partial charge in [-0.15, -0.1) is 0 Å². The molecule has 3 rings (SSSR count). The van der Waals surface area contributed by atoms with Crippen molar-refractivity contribution in [2.75, 3.05) is 33.8 Å². The number of hydrogen-bond acceptors (Lipinski definition) is 6. The average molecular weight is 395 g/mol. The number of likely N-dealkylation sites (tertiary alicyclic amines) is 1. The van der Waals surface area contributed by atoms with Crippen LogP contribution >= 0.6 is 0 Å². The van der Waals surface area contributed by atoms with E-state index < -0.39 is 17.7 Å². The zero-order chi connectivity index (χ0) is 21.0. The molecular formula is C22H25N3O4. The number of rotatable bonds is 7. The standard InChI is InChI=1S/C22H25N3O4/c1-4-29-17-7-5-16(6-8-17)20(26)18-19(15-9-11-23-12-10-15)25(14-13-24(2)3)22(28)21(18)27/h5-12,19,26H,4,13-14H2,1-3H3/b20-18-. The topological polar surface area (TPSA) is 83.0 Å². The second-order valence-electron chi connectivity index (χ2n) is 7.03. The Hall–Kier alpha value is -3.19. The number of aliphatic hydroxyl groups excluding tert-OH is 1. The molecule has 0 bridgehead atoms. The summed E-state index contributed by atoms with van der Waals surface area (Å²) < 4.78 is 5.43. The molecule has 1 unspecified atom stereocenters. The van der Waals surface area contributed by atoms with Crippen molar-refractivity contribution in [1.29, 1.82) is 0 Å². The van der Waals surface area contributed by atoms with E-state index in [0.29, 0.717) is 31.0 Å². The molecule has 1 N–H and O–H groups in total. The number of likely N-dealkylation sites (N-methyl/N-ethyl adjacent to an activating group) is 1. The molecule has 2 aromatic rings. The van der Waals surface area contributed by atoms with E-state index >= 15 is 0 Å². The SMILES string of the molecule is CCOc1ccc(/C(O)=C2/C(=O)C(=O)N(CCN(C)C)C2c2ccncc2)cc1. The Morgan fingerprint density at radius 2 is 1.79 bits per heavy atom. The van der Waals surface area contributed by atoms with E-state index in [4.69, 9.17) is 4.74 Å². The molecule has 1 atom stereocenters. The number of nitrogens with zero attached hydrogens (tertiary/aromatic N) is 3. The summed E-state index contributed by atoms with van der Waals surface area (Å²) in [6.45, 7) is 3.38. The van der Waals surface area contributed by atoms with Crippen LogP contribution < -0.4 is 4.74 Å². The Labute approximate surface area is 170 Å². The number of amides is 1. The lowest BCUT2D eigenvalue weighted by Gasteiger charge is -2.26. The Morgan fingerprint density at radius 1 is 1.14 bits per heavy atom. The minimum Gasteiger partial charge on any atom is -0.507 e. The van der Waals surface area contributed by atoms with E-state index in [1.807, 2.05) is 25.9 Å². The predicted molar refractivity (Wildman–Crippen MR) is 109 cm³/mol. The molecule has 7 nitrogen and oxygen atoms in total. The number of carbonyl (C=O) groups excluding carboxylic acids is 2.